The third-order valence-electron chi connectivity index (χ3n) is 5.31. The van der Waals surface area contributed by atoms with E-state index in [1.165, 1.54) is 22.7 Å². The molecule has 0 aromatic carbocycles. The molecule has 184 valence electrons. The first-order valence-electron chi connectivity index (χ1n) is 10.7. The summed E-state index contributed by atoms with van der Waals surface area (Å²) in [6.45, 7) is 0.764. The summed E-state index contributed by atoms with van der Waals surface area (Å²) >= 11 is 7.49. The normalized spacial score (nSPS) is 23.8. The number of aliphatic hydroxyl groups is 3. The molecule has 1 aliphatic rings. The highest BCUT2D eigenvalue weighted by Crippen LogP contribution is 2.34. The van der Waals surface area contributed by atoms with Crippen molar-refractivity contribution in [2.45, 2.75) is 56.3 Å². The van der Waals surface area contributed by atoms with Crippen LogP contribution in [0.1, 0.15) is 31.9 Å². The van der Waals surface area contributed by atoms with E-state index in [9.17, 15) is 15.0 Å². The van der Waals surface area contributed by atoms with Crippen molar-refractivity contribution in [1.82, 2.24) is 19.5 Å². The van der Waals surface area contributed by atoms with Gasteiger partial charge in [0.1, 0.15) is 18.2 Å². The van der Waals surface area contributed by atoms with Crippen molar-refractivity contribution in [1.29, 1.82) is 0 Å². The zero-order valence-corrected chi connectivity index (χ0v) is 19.5. The molecule has 0 saturated carbocycles. The molecule has 1 saturated heterocycles. The van der Waals surface area contributed by atoms with Crippen molar-refractivity contribution in [3.8, 4) is 0 Å². The number of aliphatic carboxylic acids is 1. The van der Waals surface area contributed by atoms with Crippen molar-refractivity contribution in [2.75, 3.05) is 30.0 Å². The number of rotatable bonds is 13. The highest BCUT2D eigenvalue weighted by molar-refractivity contribution is 7.99. The predicted octanol–water partition coefficient (Wildman–Crippen LogP) is 0.209. The number of hydrogen-bond donors (Lipinski definition) is 6. The Hall–Kier alpha value is -1.74. The molecule has 33 heavy (non-hydrogen) atoms. The van der Waals surface area contributed by atoms with E-state index < -0.39 is 36.6 Å². The minimum Gasteiger partial charge on any atom is -0.480 e. The molecular weight excluding hydrogens is 476 g/mol. The lowest BCUT2D eigenvalue weighted by molar-refractivity contribution is -0.138. The van der Waals surface area contributed by atoms with Crippen molar-refractivity contribution in [3.63, 3.8) is 0 Å². The minimum atomic E-state index is -1.22. The van der Waals surface area contributed by atoms with Gasteiger partial charge >= 0.3 is 5.97 Å². The van der Waals surface area contributed by atoms with Gasteiger partial charge in [-0.1, -0.05) is 0 Å². The van der Waals surface area contributed by atoms with E-state index in [-0.39, 0.29) is 18.3 Å². The van der Waals surface area contributed by atoms with Crippen LogP contribution in [-0.2, 0) is 9.53 Å². The van der Waals surface area contributed by atoms with Crippen LogP contribution in [0, 0.1) is 0 Å². The number of carboxylic acid groups (broad SMARTS) is 1. The molecule has 1 fully saturated rings. The second-order valence-corrected chi connectivity index (χ2v) is 9.22. The summed E-state index contributed by atoms with van der Waals surface area (Å²) in [5.74, 6) is 0.215. The standard InChI is InChI=1S/C19H29ClN6O6S/c20-19-24-15(22-5-2-1-3-6-27)12-16(25-19)26(9-23-12)17-14(29)13(28)11(32-17)8-33-7-4-10(21)18(30)31/h9-11,13-14,17,27-29H,1-8,21H2,(H,30,31)(H,22,24,25)/t10?,11-,13-,14-,17-/m1/s1. The van der Waals surface area contributed by atoms with Gasteiger partial charge in [0.05, 0.1) is 12.4 Å². The molecule has 7 N–H and O–H groups in total. The van der Waals surface area contributed by atoms with Crippen LogP contribution in [0.2, 0.25) is 5.28 Å². The number of carbonyl (C=O) groups is 1. The zero-order chi connectivity index (χ0) is 24.0. The van der Waals surface area contributed by atoms with Crippen LogP contribution in [0.15, 0.2) is 6.33 Å². The SMILES string of the molecule is NC(CCSC[C@H]1O[C@@H](n2cnc3c(NCCCCCO)nc(Cl)nc32)[C@H](O)[C@@H]1O)C(=O)O. The summed E-state index contributed by atoms with van der Waals surface area (Å²) in [4.78, 5) is 23.6. The second kappa shape index (κ2) is 12.1. The fourth-order valence-corrected chi connectivity index (χ4v) is 4.71. The number of aromatic nitrogens is 4. The fraction of sp³-hybridized carbons (Fsp3) is 0.684. The second-order valence-electron chi connectivity index (χ2n) is 7.73. The summed E-state index contributed by atoms with van der Waals surface area (Å²) < 4.78 is 7.42. The number of carboxylic acids is 1. The quantitative estimate of drug-likeness (QED) is 0.161. The summed E-state index contributed by atoms with van der Waals surface area (Å²) in [5, 5.41) is 41.9. The van der Waals surface area contributed by atoms with Crippen LogP contribution in [0.4, 0.5) is 5.82 Å². The van der Waals surface area contributed by atoms with E-state index in [2.05, 4.69) is 20.3 Å². The topological polar surface area (TPSA) is 189 Å². The Labute approximate surface area is 199 Å². The molecule has 0 bridgehead atoms. The lowest BCUT2D eigenvalue weighted by Gasteiger charge is -2.17. The third-order valence-corrected chi connectivity index (χ3v) is 6.56. The number of nitrogens with two attached hydrogens (primary N) is 1. The Kier molecular flexibility index (Phi) is 9.49. The van der Waals surface area contributed by atoms with Crippen LogP contribution in [-0.4, -0.2) is 94.9 Å². The molecule has 2 aromatic heterocycles. The number of nitrogens with one attached hydrogen (secondary N) is 1. The number of unbranched alkanes of at least 4 members (excludes halogenated alkanes) is 2. The smallest absolute Gasteiger partial charge is 0.320 e. The number of halogens is 1. The maximum Gasteiger partial charge on any atom is 0.320 e. The monoisotopic (exact) mass is 504 g/mol. The Balaban J connectivity index is 1.66. The summed E-state index contributed by atoms with van der Waals surface area (Å²) in [6.07, 6.45) is 0.184. The van der Waals surface area contributed by atoms with Crippen LogP contribution in [0.25, 0.3) is 11.2 Å². The molecule has 14 heteroatoms. The Morgan fingerprint density at radius 3 is 2.82 bits per heavy atom. The first kappa shape index (κ1) is 25.9. The minimum absolute atomic E-state index is 0.00276. The number of nitrogens with zero attached hydrogens (tertiary/aromatic N) is 4. The van der Waals surface area contributed by atoms with Gasteiger partial charge in [-0.3, -0.25) is 9.36 Å². The van der Waals surface area contributed by atoms with Crippen LogP contribution in [0.5, 0.6) is 0 Å². The first-order chi connectivity index (χ1) is 15.8. The Bertz CT molecular complexity index is 936. The fourth-order valence-electron chi connectivity index (χ4n) is 3.45. The maximum atomic E-state index is 10.8. The van der Waals surface area contributed by atoms with Gasteiger partial charge in [0.2, 0.25) is 5.28 Å². The number of ether oxygens (including phenoxy) is 1. The largest absolute Gasteiger partial charge is 0.480 e. The van der Waals surface area contributed by atoms with Gasteiger partial charge in [0.15, 0.2) is 23.2 Å². The lowest BCUT2D eigenvalue weighted by atomic mass is 10.1. The molecule has 0 radical (unpaired) electrons. The van der Waals surface area contributed by atoms with Gasteiger partial charge in [-0.05, 0) is 43.0 Å². The molecular formula is C19H29ClN6O6S. The van der Waals surface area contributed by atoms with Gasteiger partial charge in [-0.25, -0.2) is 4.98 Å². The van der Waals surface area contributed by atoms with E-state index >= 15 is 0 Å². The van der Waals surface area contributed by atoms with Crippen molar-refractivity contribution < 1.29 is 30.0 Å². The summed E-state index contributed by atoms with van der Waals surface area (Å²) in [6, 6.07) is -0.940. The molecule has 1 aliphatic heterocycles. The molecule has 0 spiro atoms. The molecule has 12 nitrogen and oxygen atoms in total. The molecule has 0 amide bonds. The molecule has 2 aromatic rings. The highest BCUT2D eigenvalue weighted by Gasteiger charge is 2.44. The van der Waals surface area contributed by atoms with E-state index in [4.69, 9.17) is 32.3 Å². The number of anilines is 1. The zero-order valence-electron chi connectivity index (χ0n) is 17.9. The van der Waals surface area contributed by atoms with Crippen LogP contribution < -0.4 is 11.1 Å². The van der Waals surface area contributed by atoms with Gasteiger partial charge in [-0.15, -0.1) is 0 Å². The predicted molar refractivity (Wildman–Crippen MR) is 123 cm³/mol. The van der Waals surface area contributed by atoms with E-state index in [1.54, 1.807) is 0 Å². The van der Waals surface area contributed by atoms with Gasteiger partial charge in [0, 0.05) is 18.9 Å². The Morgan fingerprint density at radius 1 is 1.30 bits per heavy atom. The van der Waals surface area contributed by atoms with Gasteiger partial charge in [0.25, 0.3) is 0 Å². The van der Waals surface area contributed by atoms with Gasteiger partial charge in [-0.2, -0.15) is 21.7 Å². The van der Waals surface area contributed by atoms with Crippen molar-refractivity contribution in [2.24, 2.45) is 5.73 Å². The number of fused-ring (bicyclic) bond motifs is 1. The molecule has 5 atom stereocenters. The van der Waals surface area contributed by atoms with E-state index in [0.29, 0.717) is 35.0 Å². The number of aliphatic hydroxyl groups excluding tert-OH is 3. The number of hydrogen-bond acceptors (Lipinski definition) is 11. The van der Waals surface area contributed by atoms with E-state index in [1.807, 2.05) is 0 Å². The van der Waals surface area contributed by atoms with E-state index in [0.717, 1.165) is 19.3 Å². The molecule has 1 unspecified atom stereocenters. The molecule has 3 rings (SSSR count). The molecule has 3 heterocycles. The summed E-state index contributed by atoms with van der Waals surface area (Å²) in [5.41, 5.74) is 6.30. The number of thioether (sulfide) groups is 1. The van der Waals surface area contributed by atoms with Gasteiger partial charge < -0.3 is 36.2 Å². The van der Waals surface area contributed by atoms with Crippen molar-refractivity contribution in [3.05, 3.63) is 11.6 Å². The maximum absolute atomic E-state index is 10.8. The first-order valence-corrected chi connectivity index (χ1v) is 12.2. The highest BCUT2D eigenvalue weighted by atomic mass is 35.5. The third kappa shape index (κ3) is 6.44. The average molecular weight is 505 g/mol. The lowest BCUT2D eigenvalue weighted by Crippen LogP contribution is -2.33. The Morgan fingerprint density at radius 2 is 2.09 bits per heavy atom. The van der Waals surface area contributed by atoms with Crippen LogP contribution >= 0.6 is 23.4 Å². The molecule has 0 aliphatic carbocycles. The number of imidazole rings is 1. The average Bonchev–Trinajstić information content (AvgIpc) is 3.32. The van der Waals surface area contributed by atoms with Crippen molar-refractivity contribution >= 4 is 46.3 Å². The van der Waals surface area contributed by atoms with Crippen LogP contribution in [0.3, 0.4) is 0 Å². The summed E-state index contributed by atoms with van der Waals surface area (Å²) in [7, 11) is 0.